The van der Waals surface area contributed by atoms with Crippen LogP contribution in [0.25, 0.3) is 10.9 Å². The molecule has 3 aromatic rings. The van der Waals surface area contributed by atoms with Crippen LogP contribution in [0.4, 0.5) is 0 Å². The number of hydrogen-bond donors (Lipinski definition) is 3. The summed E-state index contributed by atoms with van der Waals surface area (Å²) in [6.45, 7) is 3.79. The van der Waals surface area contributed by atoms with Gasteiger partial charge in [0.1, 0.15) is 11.8 Å². The third-order valence-electron chi connectivity index (χ3n) is 4.48. The van der Waals surface area contributed by atoms with Crippen LogP contribution in [0.15, 0.2) is 54.7 Å². The Morgan fingerprint density at radius 1 is 1.07 bits per heavy atom. The number of ether oxygens (including phenoxy) is 1. The Bertz CT molecular complexity index is 978. The van der Waals surface area contributed by atoms with Crippen molar-refractivity contribution in [3.63, 3.8) is 0 Å². The molecule has 1 atom stereocenters. The molecule has 0 aliphatic rings. The lowest BCUT2D eigenvalue weighted by atomic mass is 10.0. The number of aromatic nitrogens is 1. The summed E-state index contributed by atoms with van der Waals surface area (Å²) >= 11 is 0. The molecule has 28 heavy (non-hydrogen) atoms. The molecule has 0 saturated heterocycles. The summed E-state index contributed by atoms with van der Waals surface area (Å²) in [5.74, 6) is 0.0617. The maximum atomic E-state index is 12.8. The SMILES string of the molecule is COc1cccc(C(=O)N[C@H](Cc2c[nH]c3ccccc23)C(=O)NC(C)C)c1. The smallest absolute Gasteiger partial charge is 0.252 e. The second-order valence-electron chi connectivity index (χ2n) is 6.98. The molecule has 1 aromatic heterocycles. The van der Waals surface area contributed by atoms with Crippen molar-refractivity contribution >= 4 is 22.7 Å². The minimum atomic E-state index is -0.694. The highest BCUT2D eigenvalue weighted by Gasteiger charge is 2.23. The van der Waals surface area contributed by atoms with E-state index in [4.69, 9.17) is 4.74 Å². The molecular weight excluding hydrogens is 354 g/mol. The predicted molar refractivity (Wildman–Crippen MR) is 110 cm³/mol. The van der Waals surface area contributed by atoms with E-state index in [0.29, 0.717) is 17.7 Å². The zero-order valence-corrected chi connectivity index (χ0v) is 16.3. The zero-order valence-electron chi connectivity index (χ0n) is 16.3. The van der Waals surface area contributed by atoms with Gasteiger partial charge in [-0.2, -0.15) is 0 Å². The van der Waals surface area contributed by atoms with Gasteiger partial charge in [-0.15, -0.1) is 0 Å². The van der Waals surface area contributed by atoms with E-state index < -0.39 is 6.04 Å². The summed E-state index contributed by atoms with van der Waals surface area (Å²) in [4.78, 5) is 28.7. The summed E-state index contributed by atoms with van der Waals surface area (Å²) < 4.78 is 5.18. The summed E-state index contributed by atoms with van der Waals surface area (Å²) in [5.41, 5.74) is 2.42. The first-order valence-corrected chi connectivity index (χ1v) is 9.28. The summed E-state index contributed by atoms with van der Waals surface area (Å²) in [5, 5.41) is 6.81. The van der Waals surface area contributed by atoms with Crippen LogP contribution in [0, 0.1) is 0 Å². The van der Waals surface area contributed by atoms with Crippen molar-refractivity contribution in [1.29, 1.82) is 0 Å². The first-order valence-electron chi connectivity index (χ1n) is 9.28. The fourth-order valence-electron chi connectivity index (χ4n) is 3.12. The topological polar surface area (TPSA) is 83.2 Å². The number of carbonyl (C=O) groups excluding carboxylic acids is 2. The average Bonchev–Trinajstić information content (AvgIpc) is 3.10. The van der Waals surface area contributed by atoms with E-state index in [1.165, 1.54) is 0 Å². The maximum Gasteiger partial charge on any atom is 0.252 e. The average molecular weight is 379 g/mol. The molecule has 0 aliphatic heterocycles. The van der Waals surface area contributed by atoms with E-state index in [0.717, 1.165) is 16.5 Å². The molecular formula is C22H25N3O3. The highest BCUT2D eigenvalue weighted by Crippen LogP contribution is 2.19. The van der Waals surface area contributed by atoms with Gasteiger partial charge in [-0.1, -0.05) is 24.3 Å². The van der Waals surface area contributed by atoms with Crippen LogP contribution in [-0.2, 0) is 11.2 Å². The van der Waals surface area contributed by atoms with E-state index in [9.17, 15) is 9.59 Å². The summed E-state index contributed by atoms with van der Waals surface area (Å²) in [6, 6.07) is 14.0. The molecule has 0 unspecified atom stereocenters. The van der Waals surface area contributed by atoms with E-state index in [1.54, 1.807) is 31.4 Å². The Kier molecular flexibility index (Phi) is 5.99. The number of methoxy groups -OCH3 is 1. The number of nitrogens with one attached hydrogen (secondary N) is 3. The standard InChI is InChI=1S/C22H25N3O3/c1-14(2)24-22(27)20(12-16-13-23-19-10-5-4-9-18(16)19)25-21(26)15-7-6-8-17(11-15)28-3/h4-11,13-14,20,23H,12H2,1-3H3,(H,24,27)(H,25,26)/t20-/m1/s1. The van der Waals surface area contributed by atoms with Gasteiger partial charge in [0, 0.05) is 35.1 Å². The third-order valence-corrected chi connectivity index (χ3v) is 4.48. The van der Waals surface area contributed by atoms with Crippen molar-refractivity contribution in [3.8, 4) is 5.75 Å². The normalized spacial score (nSPS) is 12.0. The van der Waals surface area contributed by atoms with Gasteiger partial charge < -0.3 is 20.4 Å². The van der Waals surface area contributed by atoms with Crippen molar-refractivity contribution in [3.05, 3.63) is 65.9 Å². The molecule has 0 aliphatic carbocycles. The maximum absolute atomic E-state index is 12.8. The number of para-hydroxylation sites is 1. The molecule has 2 aromatic carbocycles. The van der Waals surface area contributed by atoms with E-state index in [1.807, 2.05) is 44.3 Å². The number of fused-ring (bicyclic) bond motifs is 1. The molecule has 2 amide bonds. The Morgan fingerprint density at radius 3 is 2.61 bits per heavy atom. The minimum absolute atomic E-state index is 0.0216. The molecule has 6 nitrogen and oxygen atoms in total. The molecule has 6 heteroatoms. The largest absolute Gasteiger partial charge is 0.497 e. The number of carbonyl (C=O) groups is 2. The number of amides is 2. The molecule has 1 heterocycles. The van der Waals surface area contributed by atoms with Crippen LogP contribution in [0.2, 0.25) is 0 Å². The molecule has 3 N–H and O–H groups in total. The molecule has 146 valence electrons. The van der Waals surface area contributed by atoms with Gasteiger partial charge in [-0.3, -0.25) is 9.59 Å². The molecule has 0 fully saturated rings. The molecule has 0 saturated carbocycles. The third kappa shape index (κ3) is 4.52. The first-order chi connectivity index (χ1) is 13.5. The van der Waals surface area contributed by atoms with Crippen LogP contribution in [0.1, 0.15) is 29.8 Å². The Hall–Kier alpha value is -3.28. The number of benzene rings is 2. The van der Waals surface area contributed by atoms with Gasteiger partial charge in [-0.05, 0) is 43.7 Å². The van der Waals surface area contributed by atoms with Gasteiger partial charge >= 0.3 is 0 Å². The zero-order chi connectivity index (χ0) is 20.1. The van der Waals surface area contributed by atoms with Crippen LogP contribution >= 0.6 is 0 Å². The van der Waals surface area contributed by atoms with Crippen molar-refractivity contribution in [1.82, 2.24) is 15.6 Å². The van der Waals surface area contributed by atoms with E-state index in [-0.39, 0.29) is 17.9 Å². The molecule has 0 spiro atoms. The molecule has 0 radical (unpaired) electrons. The van der Waals surface area contributed by atoms with Crippen LogP contribution < -0.4 is 15.4 Å². The van der Waals surface area contributed by atoms with Crippen LogP contribution in [0.3, 0.4) is 0 Å². The molecule has 3 rings (SSSR count). The van der Waals surface area contributed by atoms with Crippen molar-refractivity contribution < 1.29 is 14.3 Å². The Balaban J connectivity index is 1.84. The molecule has 0 bridgehead atoms. The Labute approximate surface area is 164 Å². The lowest BCUT2D eigenvalue weighted by molar-refractivity contribution is -0.123. The van der Waals surface area contributed by atoms with Crippen molar-refractivity contribution in [2.24, 2.45) is 0 Å². The monoisotopic (exact) mass is 379 g/mol. The van der Waals surface area contributed by atoms with Crippen molar-refractivity contribution in [2.75, 3.05) is 7.11 Å². The Morgan fingerprint density at radius 2 is 1.86 bits per heavy atom. The number of hydrogen-bond acceptors (Lipinski definition) is 3. The highest BCUT2D eigenvalue weighted by molar-refractivity contribution is 5.98. The predicted octanol–water partition coefficient (Wildman–Crippen LogP) is 3.04. The second kappa shape index (κ2) is 8.61. The number of rotatable bonds is 7. The summed E-state index contributed by atoms with van der Waals surface area (Å²) in [7, 11) is 1.55. The van der Waals surface area contributed by atoms with E-state index >= 15 is 0 Å². The van der Waals surface area contributed by atoms with Crippen molar-refractivity contribution in [2.45, 2.75) is 32.4 Å². The lowest BCUT2D eigenvalue weighted by Crippen LogP contribution is -2.49. The second-order valence-corrected chi connectivity index (χ2v) is 6.98. The van der Waals surface area contributed by atoms with E-state index in [2.05, 4.69) is 15.6 Å². The number of H-pyrrole nitrogens is 1. The van der Waals surface area contributed by atoms with Gasteiger partial charge in [0.2, 0.25) is 5.91 Å². The fourth-order valence-corrected chi connectivity index (χ4v) is 3.12. The highest BCUT2D eigenvalue weighted by atomic mass is 16.5. The summed E-state index contributed by atoms with van der Waals surface area (Å²) in [6.07, 6.45) is 2.27. The van der Waals surface area contributed by atoms with Gasteiger partial charge in [0.25, 0.3) is 5.91 Å². The quantitative estimate of drug-likeness (QED) is 0.590. The van der Waals surface area contributed by atoms with Gasteiger partial charge in [0.05, 0.1) is 7.11 Å². The minimum Gasteiger partial charge on any atom is -0.497 e. The van der Waals surface area contributed by atoms with Gasteiger partial charge in [-0.25, -0.2) is 0 Å². The lowest BCUT2D eigenvalue weighted by Gasteiger charge is -2.20. The first kappa shape index (κ1) is 19.5. The van der Waals surface area contributed by atoms with Gasteiger partial charge in [0.15, 0.2) is 0 Å². The number of aromatic amines is 1. The fraction of sp³-hybridized carbons (Fsp3) is 0.273. The van der Waals surface area contributed by atoms with Crippen LogP contribution in [0.5, 0.6) is 5.75 Å². The van der Waals surface area contributed by atoms with Crippen LogP contribution in [-0.4, -0.2) is 36.0 Å².